The molecular weight excluding hydrogens is 180 g/mol. The van der Waals surface area contributed by atoms with E-state index in [4.69, 9.17) is 5.11 Å². The van der Waals surface area contributed by atoms with E-state index in [-0.39, 0.29) is 0 Å². The molecule has 0 spiro atoms. The van der Waals surface area contributed by atoms with Crippen molar-refractivity contribution in [2.75, 3.05) is 0 Å². The lowest BCUT2D eigenvalue weighted by atomic mass is 10.2. The van der Waals surface area contributed by atoms with Crippen molar-refractivity contribution in [3.63, 3.8) is 0 Å². The summed E-state index contributed by atoms with van der Waals surface area (Å²) < 4.78 is 0. The van der Waals surface area contributed by atoms with E-state index in [1.807, 2.05) is 13.0 Å². The van der Waals surface area contributed by atoms with Crippen molar-refractivity contribution >= 4 is 15.9 Å². The van der Waals surface area contributed by atoms with Crippen molar-refractivity contribution in [1.29, 1.82) is 0 Å². The molecule has 0 aromatic carbocycles. The predicted octanol–water partition coefficient (Wildman–Crippen LogP) is 2.45. The zero-order valence-corrected chi connectivity index (χ0v) is 7.48. The van der Waals surface area contributed by atoms with Crippen LogP contribution < -0.4 is 0 Å². The van der Waals surface area contributed by atoms with Crippen LogP contribution in [0.15, 0.2) is 11.6 Å². The van der Waals surface area contributed by atoms with E-state index in [0.29, 0.717) is 0 Å². The van der Waals surface area contributed by atoms with E-state index in [1.54, 1.807) is 0 Å². The molecule has 0 bridgehead atoms. The fraction of sp³-hybridized carbons (Fsp3) is 0.714. The topological polar surface area (TPSA) is 20.2 Å². The zero-order chi connectivity index (χ0) is 7.28. The Balaban J connectivity index is 3.55. The van der Waals surface area contributed by atoms with Crippen LogP contribution in [0.25, 0.3) is 0 Å². The van der Waals surface area contributed by atoms with E-state index in [9.17, 15) is 0 Å². The van der Waals surface area contributed by atoms with Crippen molar-refractivity contribution < 1.29 is 5.11 Å². The maximum absolute atomic E-state index is 8.79. The van der Waals surface area contributed by atoms with Gasteiger partial charge in [-0.15, -0.1) is 0 Å². The third kappa shape index (κ3) is 6.06. The molecule has 0 aromatic heterocycles. The van der Waals surface area contributed by atoms with Crippen molar-refractivity contribution in [2.45, 2.75) is 31.7 Å². The van der Waals surface area contributed by atoms with Crippen LogP contribution in [-0.2, 0) is 0 Å². The van der Waals surface area contributed by atoms with Crippen LogP contribution in [0, 0.1) is 0 Å². The Morgan fingerprint density at radius 1 is 1.78 bits per heavy atom. The smallest absolute Gasteiger partial charge is 0.127 e. The van der Waals surface area contributed by atoms with Gasteiger partial charge in [0.1, 0.15) is 5.01 Å². The number of alkyl halides is 1. The normalized spacial score (nSPS) is 15.8. The first-order valence-electron chi connectivity index (χ1n) is 3.16. The van der Waals surface area contributed by atoms with E-state index in [1.165, 1.54) is 5.57 Å². The highest BCUT2D eigenvalue weighted by molar-refractivity contribution is 9.09. The largest absolute Gasteiger partial charge is 0.378 e. The first-order valence-corrected chi connectivity index (χ1v) is 4.07. The van der Waals surface area contributed by atoms with Crippen LogP contribution in [0.3, 0.4) is 0 Å². The van der Waals surface area contributed by atoms with Gasteiger partial charge >= 0.3 is 0 Å². The molecule has 0 heterocycles. The number of hydrogen-bond acceptors (Lipinski definition) is 1. The number of hydrogen-bond donors (Lipinski definition) is 1. The molecule has 2 heteroatoms. The SMILES string of the molecule is CCCC(C)=CC(O)Br. The Morgan fingerprint density at radius 2 is 2.33 bits per heavy atom. The van der Waals surface area contributed by atoms with Crippen molar-refractivity contribution in [2.24, 2.45) is 0 Å². The lowest BCUT2D eigenvalue weighted by Gasteiger charge is -1.97. The van der Waals surface area contributed by atoms with Crippen molar-refractivity contribution in [3.05, 3.63) is 11.6 Å². The molecular formula is C7H13BrO. The predicted molar refractivity (Wildman–Crippen MR) is 43.6 cm³/mol. The second-order valence-corrected chi connectivity index (χ2v) is 3.07. The minimum atomic E-state index is -0.468. The molecule has 0 aliphatic heterocycles. The molecule has 0 radical (unpaired) electrons. The molecule has 0 saturated heterocycles. The summed E-state index contributed by atoms with van der Waals surface area (Å²) in [7, 11) is 0. The molecule has 0 aromatic rings. The number of aliphatic hydroxyl groups excluding tert-OH is 1. The van der Waals surface area contributed by atoms with E-state index in [2.05, 4.69) is 22.9 Å². The molecule has 9 heavy (non-hydrogen) atoms. The van der Waals surface area contributed by atoms with Gasteiger partial charge in [-0.1, -0.05) is 34.8 Å². The summed E-state index contributed by atoms with van der Waals surface area (Å²) in [5.74, 6) is 0. The molecule has 54 valence electrons. The first kappa shape index (κ1) is 9.18. The lowest BCUT2D eigenvalue weighted by Crippen LogP contribution is -1.89. The molecule has 0 amide bonds. The fourth-order valence-electron chi connectivity index (χ4n) is 0.712. The van der Waals surface area contributed by atoms with Gasteiger partial charge in [0.15, 0.2) is 0 Å². The first-order chi connectivity index (χ1) is 4.16. The minimum absolute atomic E-state index is 0.468. The summed E-state index contributed by atoms with van der Waals surface area (Å²) >= 11 is 3.02. The van der Waals surface area contributed by atoms with Crippen LogP contribution in [0.1, 0.15) is 26.7 Å². The Labute approximate surface area is 64.9 Å². The standard InChI is InChI=1S/C7H13BrO/c1-3-4-6(2)5-7(8)9/h5,7,9H,3-4H2,1-2H3. The lowest BCUT2D eigenvalue weighted by molar-refractivity contribution is 0.315. The molecule has 1 atom stereocenters. The highest BCUT2D eigenvalue weighted by atomic mass is 79.9. The van der Waals surface area contributed by atoms with Gasteiger partial charge in [-0.25, -0.2) is 0 Å². The second-order valence-electron chi connectivity index (χ2n) is 2.14. The third-order valence-corrected chi connectivity index (χ3v) is 1.33. The second kappa shape index (κ2) is 5.00. The number of halogens is 1. The van der Waals surface area contributed by atoms with Gasteiger partial charge in [0, 0.05) is 0 Å². The van der Waals surface area contributed by atoms with E-state index >= 15 is 0 Å². The Hall–Kier alpha value is 0.180. The Kier molecular flexibility index (Phi) is 5.10. The van der Waals surface area contributed by atoms with Crippen LogP contribution in [0.4, 0.5) is 0 Å². The molecule has 0 fully saturated rings. The molecule has 0 saturated carbocycles. The summed E-state index contributed by atoms with van der Waals surface area (Å²) in [5, 5.41) is 8.32. The van der Waals surface area contributed by atoms with Crippen molar-refractivity contribution in [3.8, 4) is 0 Å². The van der Waals surface area contributed by atoms with Gasteiger partial charge in [0.25, 0.3) is 0 Å². The molecule has 1 N–H and O–H groups in total. The molecule has 0 aliphatic rings. The average molecular weight is 193 g/mol. The molecule has 0 aliphatic carbocycles. The number of allylic oxidation sites excluding steroid dienone is 1. The Morgan fingerprint density at radius 3 is 2.67 bits per heavy atom. The van der Waals surface area contributed by atoms with Crippen LogP contribution in [0.2, 0.25) is 0 Å². The summed E-state index contributed by atoms with van der Waals surface area (Å²) in [5.41, 5.74) is 1.24. The van der Waals surface area contributed by atoms with Crippen LogP contribution >= 0.6 is 15.9 Å². The minimum Gasteiger partial charge on any atom is -0.378 e. The maximum Gasteiger partial charge on any atom is 0.127 e. The highest BCUT2D eigenvalue weighted by Gasteiger charge is 1.91. The average Bonchev–Trinajstić information content (AvgIpc) is 1.63. The summed E-state index contributed by atoms with van der Waals surface area (Å²) in [6, 6.07) is 0. The molecule has 0 rings (SSSR count). The van der Waals surface area contributed by atoms with E-state index in [0.717, 1.165) is 12.8 Å². The van der Waals surface area contributed by atoms with Crippen LogP contribution in [0.5, 0.6) is 0 Å². The summed E-state index contributed by atoms with van der Waals surface area (Å²) in [4.78, 5) is 0. The zero-order valence-electron chi connectivity index (χ0n) is 5.89. The van der Waals surface area contributed by atoms with Gasteiger partial charge in [0.2, 0.25) is 0 Å². The molecule has 1 unspecified atom stereocenters. The number of aliphatic hydroxyl groups is 1. The summed E-state index contributed by atoms with van der Waals surface area (Å²) in [6.07, 6.45) is 4.02. The number of rotatable bonds is 3. The highest BCUT2D eigenvalue weighted by Crippen LogP contribution is 2.06. The van der Waals surface area contributed by atoms with Crippen molar-refractivity contribution in [1.82, 2.24) is 0 Å². The van der Waals surface area contributed by atoms with Crippen LogP contribution in [-0.4, -0.2) is 10.1 Å². The van der Waals surface area contributed by atoms with Gasteiger partial charge < -0.3 is 5.11 Å². The quantitative estimate of drug-likeness (QED) is 0.539. The summed E-state index contributed by atoms with van der Waals surface area (Å²) in [6.45, 7) is 4.14. The van der Waals surface area contributed by atoms with Gasteiger partial charge in [0.05, 0.1) is 0 Å². The Bertz CT molecular complexity index is 97.1. The fourth-order valence-corrected chi connectivity index (χ4v) is 1.16. The third-order valence-electron chi connectivity index (χ3n) is 1.07. The van der Waals surface area contributed by atoms with Gasteiger partial charge in [-0.2, -0.15) is 0 Å². The van der Waals surface area contributed by atoms with Gasteiger partial charge in [-0.05, 0) is 19.4 Å². The monoisotopic (exact) mass is 192 g/mol. The van der Waals surface area contributed by atoms with Gasteiger partial charge in [-0.3, -0.25) is 0 Å². The van der Waals surface area contributed by atoms with E-state index < -0.39 is 5.01 Å². The molecule has 1 nitrogen and oxygen atoms in total. The maximum atomic E-state index is 8.79.